The summed E-state index contributed by atoms with van der Waals surface area (Å²) in [7, 11) is 1.68. The van der Waals surface area contributed by atoms with E-state index in [1.807, 2.05) is 23.1 Å². The van der Waals surface area contributed by atoms with Crippen molar-refractivity contribution in [1.82, 2.24) is 9.88 Å². The number of amides is 1. The standard InChI is InChI=1S/C17H18BrN3O2/c1-23-15-5-3-2-4-14(15)20-8-10-21(11-9-20)17(22)13-6-7-16(18)19-12-13/h2-7,12H,8-11H2,1H3. The van der Waals surface area contributed by atoms with Gasteiger partial charge in [-0.25, -0.2) is 4.98 Å². The molecule has 120 valence electrons. The lowest BCUT2D eigenvalue weighted by Gasteiger charge is -2.36. The van der Waals surface area contributed by atoms with Crippen LogP contribution in [0.2, 0.25) is 0 Å². The summed E-state index contributed by atoms with van der Waals surface area (Å²) in [5, 5.41) is 0. The van der Waals surface area contributed by atoms with E-state index in [0.29, 0.717) is 18.7 Å². The number of carbonyl (C=O) groups is 1. The van der Waals surface area contributed by atoms with Gasteiger partial charge in [-0.2, -0.15) is 0 Å². The largest absolute Gasteiger partial charge is 0.495 e. The fourth-order valence-corrected chi connectivity index (χ4v) is 2.96. The Balaban J connectivity index is 1.66. The van der Waals surface area contributed by atoms with Crippen LogP contribution in [0, 0.1) is 0 Å². The number of para-hydroxylation sites is 2. The average Bonchev–Trinajstić information content (AvgIpc) is 2.62. The number of benzene rings is 1. The van der Waals surface area contributed by atoms with Crippen molar-refractivity contribution in [3.63, 3.8) is 0 Å². The molecule has 1 aliphatic heterocycles. The van der Waals surface area contributed by atoms with Crippen LogP contribution < -0.4 is 9.64 Å². The summed E-state index contributed by atoms with van der Waals surface area (Å²) in [6.45, 7) is 2.95. The van der Waals surface area contributed by atoms with Gasteiger partial charge in [-0.15, -0.1) is 0 Å². The second-order valence-electron chi connectivity index (χ2n) is 5.32. The quantitative estimate of drug-likeness (QED) is 0.773. The van der Waals surface area contributed by atoms with Crippen LogP contribution in [0.4, 0.5) is 5.69 Å². The van der Waals surface area contributed by atoms with Gasteiger partial charge in [0.2, 0.25) is 0 Å². The molecule has 0 N–H and O–H groups in total. The second kappa shape index (κ2) is 7.00. The van der Waals surface area contributed by atoms with E-state index in [0.717, 1.165) is 29.1 Å². The van der Waals surface area contributed by atoms with Crippen molar-refractivity contribution >= 4 is 27.5 Å². The maximum absolute atomic E-state index is 12.5. The van der Waals surface area contributed by atoms with Gasteiger partial charge in [0.15, 0.2) is 0 Å². The van der Waals surface area contributed by atoms with Gasteiger partial charge < -0.3 is 14.5 Å². The molecule has 1 aliphatic rings. The van der Waals surface area contributed by atoms with Crippen molar-refractivity contribution in [2.24, 2.45) is 0 Å². The van der Waals surface area contributed by atoms with Gasteiger partial charge in [-0.05, 0) is 40.2 Å². The van der Waals surface area contributed by atoms with Crippen LogP contribution in [0.15, 0.2) is 47.2 Å². The minimum Gasteiger partial charge on any atom is -0.495 e. The first kappa shape index (κ1) is 15.8. The molecule has 1 aromatic carbocycles. The lowest BCUT2D eigenvalue weighted by atomic mass is 10.2. The minimum atomic E-state index is 0.0321. The number of aromatic nitrogens is 1. The zero-order valence-corrected chi connectivity index (χ0v) is 14.5. The Morgan fingerprint density at radius 1 is 1.13 bits per heavy atom. The van der Waals surface area contributed by atoms with E-state index in [1.54, 1.807) is 25.4 Å². The van der Waals surface area contributed by atoms with Crippen molar-refractivity contribution < 1.29 is 9.53 Å². The van der Waals surface area contributed by atoms with Crippen LogP contribution >= 0.6 is 15.9 Å². The number of halogens is 1. The third kappa shape index (κ3) is 3.47. The first-order valence-electron chi connectivity index (χ1n) is 7.48. The number of anilines is 1. The summed E-state index contributed by atoms with van der Waals surface area (Å²) < 4.78 is 6.15. The molecule has 1 amide bonds. The van der Waals surface area contributed by atoms with Gasteiger partial charge in [0.05, 0.1) is 18.4 Å². The number of ether oxygens (including phenoxy) is 1. The molecular formula is C17H18BrN3O2. The van der Waals surface area contributed by atoms with Crippen LogP contribution in [0.25, 0.3) is 0 Å². The highest BCUT2D eigenvalue weighted by Crippen LogP contribution is 2.28. The molecule has 0 saturated carbocycles. The van der Waals surface area contributed by atoms with Crippen molar-refractivity contribution in [2.75, 3.05) is 38.2 Å². The fraction of sp³-hybridized carbons (Fsp3) is 0.294. The summed E-state index contributed by atoms with van der Waals surface area (Å²) in [6.07, 6.45) is 1.61. The molecule has 1 saturated heterocycles. The van der Waals surface area contributed by atoms with Gasteiger partial charge in [-0.3, -0.25) is 4.79 Å². The molecule has 0 atom stereocenters. The Kier molecular flexibility index (Phi) is 4.81. The van der Waals surface area contributed by atoms with Crippen LogP contribution in [0.5, 0.6) is 5.75 Å². The van der Waals surface area contributed by atoms with E-state index in [9.17, 15) is 4.79 Å². The van der Waals surface area contributed by atoms with E-state index in [2.05, 4.69) is 31.9 Å². The molecule has 0 bridgehead atoms. The molecule has 5 nitrogen and oxygen atoms in total. The Labute approximate surface area is 144 Å². The maximum Gasteiger partial charge on any atom is 0.255 e. The molecule has 0 radical (unpaired) electrons. The number of carbonyl (C=O) groups excluding carboxylic acids is 1. The molecule has 0 unspecified atom stereocenters. The average molecular weight is 376 g/mol. The Hall–Kier alpha value is -2.08. The molecule has 3 rings (SSSR count). The molecule has 0 aliphatic carbocycles. The van der Waals surface area contributed by atoms with Gasteiger partial charge in [0, 0.05) is 32.4 Å². The van der Waals surface area contributed by atoms with Crippen molar-refractivity contribution in [2.45, 2.75) is 0 Å². The summed E-state index contributed by atoms with van der Waals surface area (Å²) in [6, 6.07) is 11.6. The van der Waals surface area contributed by atoms with E-state index in [-0.39, 0.29) is 5.91 Å². The predicted molar refractivity (Wildman–Crippen MR) is 93.0 cm³/mol. The summed E-state index contributed by atoms with van der Waals surface area (Å²) in [5.74, 6) is 0.897. The molecule has 6 heteroatoms. The third-order valence-electron chi connectivity index (χ3n) is 3.97. The molecule has 1 fully saturated rings. The van der Waals surface area contributed by atoms with Crippen LogP contribution in [0.3, 0.4) is 0 Å². The van der Waals surface area contributed by atoms with Crippen molar-refractivity contribution in [3.8, 4) is 5.75 Å². The van der Waals surface area contributed by atoms with Gasteiger partial charge >= 0.3 is 0 Å². The lowest BCUT2D eigenvalue weighted by Crippen LogP contribution is -2.48. The molecule has 23 heavy (non-hydrogen) atoms. The molecule has 2 aromatic rings. The second-order valence-corrected chi connectivity index (χ2v) is 6.13. The number of nitrogens with zero attached hydrogens (tertiary/aromatic N) is 3. The van der Waals surface area contributed by atoms with Gasteiger partial charge in [0.1, 0.15) is 10.4 Å². The SMILES string of the molecule is COc1ccccc1N1CCN(C(=O)c2ccc(Br)nc2)CC1. The molecule has 2 heterocycles. The highest BCUT2D eigenvalue weighted by molar-refractivity contribution is 9.10. The Morgan fingerprint density at radius 3 is 2.52 bits per heavy atom. The zero-order valence-electron chi connectivity index (χ0n) is 12.9. The van der Waals surface area contributed by atoms with Crippen LogP contribution in [0.1, 0.15) is 10.4 Å². The first-order chi connectivity index (χ1) is 11.2. The van der Waals surface area contributed by atoms with Crippen molar-refractivity contribution in [1.29, 1.82) is 0 Å². The summed E-state index contributed by atoms with van der Waals surface area (Å²) in [4.78, 5) is 20.8. The monoisotopic (exact) mass is 375 g/mol. The highest BCUT2D eigenvalue weighted by atomic mass is 79.9. The fourth-order valence-electron chi connectivity index (χ4n) is 2.73. The Morgan fingerprint density at radius 2 is 1.87 bits per heavy atom. The summed E-state index contributed by atoms with van der Waals surface area (Å²) in [5.41, 5.74) is 1.70. The normalized spacial score (nSPS) is 14.7. The minimum absolute atomic E-state index is 0.0321. The first-order valence-corrected chi connectivity index (χ1v) is 8.27. The number of rotatable bonds is 3. The van der Waals surface area contributed by atoms with E-state index >= 15 is 0 Å². The topological polar surface area (TPSA) is 45.7 Å². The number of methoxy groups -OCH3 is 1. The zero-order chi connectivity index (χ0) is 16.2. The third-order valence-corrected chi connectivity index (χ3v) is 4.44. The van der Waals surface area contributed by atoms with E-state index in [4.69, 9.17) is 4.74 Å². The number of pyridine rings is 1. The smallest absolute Gasteiger partial charge is 0.255 e. The number of piperazine rings is 1. The van der Waals surface area contributed by atoms with Crippen LogP contribution in [-0.2, 0) is 0 Å². The maximum atomic E-state index is 12.5. The highest BCUT2D eigenvalue weighted by Gasteiger charge is 2.23. The Bertz CT molecular complexity index is 682. The molecule has 1 aromatic heterocycles. The molecule has 0 spiro atoms. The van der Waals surface area contributed by atoms with Crippen LogP contribution in [-0.4, -0.2) is 49.1 Å². The number of hydrogen-bond donors (Lipinski definition) is 0. The predicted octanol–water partition coefficient (Wildman–Crippen LogP) is 2.82. The van der Waals surface area contributed by atoms with Gasteiger partial charge in [-0.1, -0.05) is 12.1 Å². The van der Waals surface area contributed by atoms with Gasteiger partial charge in [0.25, 0.3) is 5.91 Å². The van der Waals surface area contributed by atoms with E-state index in [1.165, 1.54) is 0 Å². The summed E-state index contributed by atoms with van der Waals surface area (Å²) >= 11 is 3.28. The lowest BCUT2D eigenvalue weighted by molar-refractivity contribution is 0.0746. The van der Waals surface area contributed by atoms with E-state index < -0.39 is 0 Å². The van der Waals surface area contributed by atoms with Crippen molar-refractivity contribution in [3.05, 3.63) is 52.8 Å². The number of hydrogen-bond acceptors (Lipinski definition) is 4. The molecular weight excluding hydrogens is 358 g/mol.